The Morgan fingerprint density at radius 2 is 1.81 bits per heavy atom. The van der Waals surface area contributed by atoms with Crippen molar-refractivity contribution in [2.45, 2.75) is 20.8 Å². The van der Waals surface area contributed by atoms with Gasteiger partial charge in [-0.3, -0.25) is 4.79 Å². The zero-order valence-corrected chi connectivity index (χ0v) is 9.69. The van der Waals surface area contributed by atoms with Crippen LogP contribution in [-0.2, 0) is 0 Å². The summed E-state index contributed by atoms with van der Waals surface area (Å²) in [6.45, 7) is 5.64. The fraction of sp³-hybridized carbons (Fsp3) is 0.231. The smallest absolute Gasteiger partial charge is 0.162 e. The summed E-state index contributed by atoms with van der Waals surface area (Å²) >= 11 is 0. The molecule has 0 atom stereocenters. The first-order valence-electron chi connectivity index (χ1n) is 5.20. The SMILES string of the molecule is CC(=O)c1cnn(-c2cc(C)cc(C)c2)c1. The summed E-state index contributed by atoms with van der Waals surface area (Å²) in [6.07, 6.45) is 3.36. The lowest BCUT2D eigenvalue weighted by molar-refractivity contribution is 0.101. The van der Waals surface area contributed by atoms with Crippen LogP contribution in [0.25, 0.3) is 5.69 Å². The van der Waals surface area contributed by atoms with Gasteiger partial charge in [-0.1, -0.05) is 6.07 Å². The van der Waals surface area contributed by atoms with E-state index in [1.54, 1.807) is 24.0 Å². The quantitative estimate of drug-likeness (QED) is 0.720. The number of benzene rings is 1. The van der Waals surface area contributed by atoms with Crippen molar-refractivity contribution in [3.8, 4) is 5.69 Å². The van der Waals surface area contributed by atoms with Crippen LogP contribution >= 0.6 is 0 Å². The molecular formula is C13H14N2O. The van der Waals surface area contributed by atoms with Crippen molar-refractivity contribution in [1.82, 2.24) is 9.78 Å². The number of Topliss-reactive ketones (excluding diaryl/α,β-unsaturated/α-hetero) is 1. The van der Waals surface area contributed by atoms with Gasteiger partial charge in [-0.2, -0.15) is 5.10 Å². The number of nitrogens with zero attached hydrogens (tertiary/aromatic N) is 2. The summed E-state index contributed by atoms with van der Waals surface area (Å²) in [5.41, 5.74) is 4.01. The topological polar surface area (TPSA) is 34.9 Å². The highest BCUT2D eigenvalue weighted by Gasteiger charge is 2.05. The van der Waals surface area contributed by atoms with Gasteiger partial charge in [-0.25, -0.2) is 4.68 Å². The molecule has 0 saturated carbocycles. The minimum atomic E-state index is 0.0376. The molecule has 1 heterocycles. The van der Waals surface area contributed by atoms with E-state index in [1.165, 1.54) is 11.1 Å². The van der Waals surface area contributed by atoms with Gasteiger partial charge < -0.3 is 0 Å². The summed E-state index contributed by atoms with van der Waals surface area (Å²) in [5.74, 6) is 0.0376. The third-order valence-corrected chi connectivity index (χ3v) is 2.46. The van der Waals surface area contributed by atoms with Gasteiger partial charge >= 0.3 is 0 Å². The third kappa shape index (κ3) is 2.03. The molecule has 0 amide bonds. The van der Waals surface area contributed by atoms with E-state index in [2.05, 4.69) is 11.2 Å². The van der Waals surface area contributed by atoms with Crippen molar-refractivity contribution in [3.63, 3.8) is 0 Å². The van der Waals surface area contributed by atoms with E-state index in [1.807, 2.05) is 26.0 Å². The molecule has 0 bridgehead atoms. The average Bonchev–Trinajstić information content (AvgIpc) is 2.64. The Hall–Kier alpha value is -1.90. The molecule has 1 aromatic heterocycles. The number of aromatic nitrogens is 2. The van der Waals surface area contributed by atoms with Crippen molar-refractivity contribution in [1.29, 1.82) is 0 Å². The van der Waals surface area contributed by atoms with Crippen molar-refractivity contribution in [2.24, 2.45) is 0 Å². The Morgan fingerprint density at radius 3 is 2.31 bits per heavy atom. The van der Waals surface area contributed by atoms with E-state index < -0.39 is 0 Å². The Morgan fingerprint density at radius 1 is 1.19 bits per heavy atom. The number of ketones is 1. The fourth-order valence-electron chi connectivity index (χ4n) is 1.73. The zero-order valence-electron chi connectivity index (χ0n) is 9.69. The van der Waals surface area contributed by atoms with Gasteiger partial charge in [0.05, 0.1) is 17.4 Å². The second-order valence-electron chi connectivity index (χ2n) is 4.08. The normalized spacial score (nSPS) is 10.4. The second-order valence-corrected chi connectivity index (χ2v) is 4.08. The van der Waals surface area contributed by atoms with Crippen molar-refractivity contribution in [3.05, 3.63) is 47.3 Å². The molecule has 2 aromatic rings. The second kappa shape index (κ2) is 3.93. The molecule has 0 unspecified atom stereocenters. The van der Waals surface area contributed by atoms with Crippen molar-refractivity contribution >= 4 is 5.78 Å². The van der Waals surface area contributed by atoms with Crippen LogP contribution in [-0.4, -0.2) is 15.6 Å². The van der Waals surface area contributed by atoms with Crippen LogP contribution in [0.2, 0.25) is 0 Å². The van der Waals surface area contributed by atoms with Crippen molar-refractivity contribution < 1.29 is 4.79 Å². The Labute approximate surface area is 94.7 Å². The van der Waals surface area contributed by atoms with Gasteiger partial charge in [0.25, 0.3) is 0 Å². The Balaban J connectivity index is 2.46. The van der Waals surface area contributed by atoms with Crippen LogP contribution in [0.4, 0.5) is 0 Å². The minimum Gasteiger partial charge on any atom is -0.294 e. The molecule has 0 fully saturated rings. The molecule has 0 spiro atoms. The van der Waals surface area contributed by atoms with Gasteiger partial charge in [0, 0.05) is 6.20 Å². The van der Waals surface area contributed by atoms with Crippen LogP contribution in [0.15, 0.2) is 30.6 Å². The zero-order chi connectivity index (χ0) is 11.7. The van der Waals surface area contributed by atoms with E-state index in [0.717, 1.165) is 5.69 Å². The van der Waals surface area contributed by atoms with E-state index >= 15 is 0 Å². The molecule has 0 radical (unpaired) electrons. The number of carbonyl (C=O) groups excluding carboxylic acids is 1. The van der Waals surface area contributed by atoms with Crippen LogP contribution < -0.4 is 0 Å². The molecule has 3 nitrogen and oxygen atoms in total. The maximum absolute atomic E-state index is 11.2. The number of hydrogen-bond donors (Lipinski definition) is 0. The van der Waals surface area contributed by atoms with Gasteiger partial charge in [0.2, 0.25) is 0 Å². The fourth-order valence-corrected chi connectivity index (χ4v) is 1.73. The summed E-state index contributed by atoms with van der Waals surface area (Å²) in [5, 5.41) is 4.19. The van der Waals surface area contributed by atoms with Gasteiger partial charge in [-0.05, 0) is 44.0 Å². The Kier molecular flexibility index (Phi) is 2.60. The monoisotopic (exact) mass is 214 g/mol. The van der Waals surface area contributed by atoms with Crippen LogP contribution in [0, 0.1) is 13.8 Å². The average molecular weight is 214 g/mol. The molecule has 0 aliphatic rings. The van der Waals surface area contributed by atoms with E-state index in [9.17, 15) is 4.79 Å². The largest absolute Gasteiger partial charge is 0.294 e. The van der Waals surface area contributed by atoms with E-state index in [0.29, 0.717) is 5.56 Å². The highest BCUT2D eigenvalue weighted by atomic mass is 16.1. The minimum absolute atomic E-state index is 0.0376. The van der Waals surface area contributed by atoms with E-state index in [4.69, 9.17) is 0 Å². The molecule has 0 N–H and O–H groups in total. The highest BCUT2D eigenvalue weighted by molar-refractivity contribution is 5.93. The summed E-state index contributed by atoms with van der Waals surface area (Å²) < 4.78 is 1.73. The van der Waals surface area contributed by atoms with Crippen LogP contribution in [0.5, 0.6) is 0 Å². The molecule has 82 valence electrons. The number of aryl methyl sites for hydroxylation is 2. The molecular weight excluding hydrogens is 200 g/mol. The lowest BCUT2D eigenvalue weighted by Gasteiger charge is -2.04. The third-order valence-electron chi connectivity index (χ3n) is 2.46. The lowest BCUT2D eigenvalue weighted by Crippen LogP contribution is -1.96. The maximum atomic E-state index is 11.2. The van der Waals surface area contributed by atoms with Gasteiger partial charge in [0.15, 0.2) is 5.78 Å². The van der Waals surface area contributed by atoms with Crippen LogP contribution in [0.1, 0.15) is 28.4 Å². The Bertz CT molecular complexity index is 520. The van der Waals surface area contributed by atoms with Crippen LogP contribution in [0.3, 0.4) is 0 Å². The summed E-state index contributed by atoms with van der Waals surface area (Å²) in [4.78, 5) is 11.2. The summed E-state index contributed by atoms with van der Waals surface area (Å²) in [6, 6.07) is 6.20. The standard InChI is InChI=1S/C13H14N2O/c1-9-4-10(2)6-13(5-9)15-8-12(7-14-15)11(3)16/h4-8H,1-3H3. The number of rotatable bonds is 2. The molecule has 0 aliphatic carbocycles. The van der Waals surface area contributed by atoms with Crippen molar-refractivity contribution in [2.75, 3.05) is 0 Å². The predicted octanol–water partition coefficient (Wildman–Crippen LogP) is 2.69. The van der Waals surface area contributed by atoms with Gasteiger partial charge in [0.1, 0.15) is 0 Å². The maximum Gasteiger partial charge on any atom is 0.162 e. The molecule has 1 aromatic carbocycles. The first-order chi connectivity index (χ1) is 7.56. The number of hydrogen-bond acceptors (Lipinski definition) is 2. The lowest BCUT2D eigenvalue weighted by atomic mass is 10.1. The van der Waals surface area contributed by atoms with E-state index in [-0.39, 0.29) is 5.78 Å². The summed E-state index contributed by atoms with van der Waals surface area (Å²) in [7, 11) is 0. The molecule has 3 heteroatoms. The predicted molar refractivity (Wildman–Crippen MR) is 63.0 cm³/mol. The van der Waals surface area contributed by atoms with Gasteiger partial charge in [-0.15, -0.1) is 0 Å². The highest BCUT2D eigenvalue weighted by Crippen LogP contribution is 2.13. The molecule has 0 saturated heterocycles. The number of carbonyl (C=O) groups is 1. The molecule has 16 heavy (non-hydrogen) atoms. The molecule has 0 aliphatic heterocycles. The first kappa shape index (κ1) is 10.6. The first-order valence-corrected chi connectivity index (χ1v) is 5.20. The molecule has 2 rings (SSSR count).